The van der Waals surface area contributed by atoms with E-state index in [1.54, 1.807) is 0 Å². The minimum Gasteiger partial charge on any atom is -0.370 e. The molecule has 4 rings (SSSR count). The lowest BCUT2D eigenvalue weighted by molar-refractivity contribution is 0.203. The fourth-order valence-electron chi connectivity index (χ4n) is 3.34. The molecule has 2 atom stereocenters. The van der Waals surface area contributed by atoms with Gasteiger partial charge in [0.25, 0.3) is 0 Å². The second kappa shape index (κ2) is 6.51. The number of anilines is 1. The summed E-state index contributed by atoms with van der Waals surface area (Å²) in [5.41, 5.74) is 1.23. The molecule has 1 saturated heterocycles. The molecule has 2 aliphatic rings. The third-order valence-corrected chi connectivity index (χ3v) is 5.11. The molecule has 0 spiro atoms. The summed E-state index contributed by atoms with van der Waals surface area (Å²) in [4.78, 5) is 11.4. The SMILES string of the molecule is Cc1ccnc(NC[C@H]2CCN([C@@H](C)c3nc(C4CC4)no3)C2)c1. The minimum absolute atomic E-state index is 0.201. The highest BCUT2D eigenvalue weighted by atomic mass is 16.5. The highest BCUT2D eigenvalue weighted by molar-refractivity contribution is 5.36. The van der Waals surface area contributed by atoms with Gasteiger partial charge in [0.15, 0.2) is 5.82 Å². The van der Waals surface area contributed by atoms with E-state index in [0.717, 1.165) is 37.2 Å². The number of pyridine rings is 1. The van der Waals surface area contributed by atoms with Crippen molar-refractivity contribution in [2.45, 2.75) is 45.1 Å². The van der Waals surface area contributed by atoms with Crippen LogP contribution >= 0.6 is 0 Å². The van der Waals surface area contributed by atoms with E-state index in [4.69, 9.17) is 4.52 Å². The lowest BCUT2D eigenvalue weighted by Gasteiger charge is -2.21. The minimum atomic E-state index is 0.201. The summed E-state index contributed by atoms with van der Waals surface area (Å²) >= 11 is 0. The Morgan fingerprint density at radius 2 is 2.25 bits per heavy atom. The molecule has 1 saturated carbocycles. The summed E-state index contributed by atoms with van der Waals surface area (Å²) in [6, 6.07) is 4.31. The van der Waals surface area contributed by atoms with E-state index in [9.17, 15) is 0 Å². The molecule has 0 radical (unpaired) electrons. The van der Waals surface area contributed by atoms with Crippen LogP contribution in [0, 0.1) is 12.8 Å². The van der Waals surface area contributed by atoms with Crippen molar-refractivity contribution in [2.75, 3.05) is 25.0 Å². The molecule has 0 unspecified atom stereocenters. The molecule has 0 aromatic carbocycles. The Labute approximate surface area is 142 Å². The van der Waals surface area contributed by atoms with Gasteiger partial charge in [-0.15, -0.1) is 0 Å². The first kappa shape index (κ1) is 15.6. The molecule has 1 aliphatic heterocycles. The maximum Gasteiger partial charge on any atom is 0.243 e. The Balaban J connectivity index is 1.30. The topological polar surface area (TPSA) is 67.1 Å². The van der Waals surface area contributed by atoms with Crippen molar-refractivity contribution in [2.24, 2.45) is 5.92 Å². The maximum atomic E-state index is 5.49. The van der Waals surface area contributed by atoms with Crippen LogP contribution < -0.4 is 5.32 Å². The molecule has 128 valence electrons. The molecular formula is C18H25N5O. The van der Waals surface area contributed by atoms with Gasteiger partial charge in [-0.05, 0) is 63.3 Å². The molecule has 6 heteroatoms. The molecule has 2 fully saturated rings. The first-order valence-electron chi connectivity index (χ1n) is 8.93. The lowest BCUT2D eigenvalue weighted by Crippen LogP contribution is -2.26. The van der Waals surface area contributed by atoms with Crippen LogP contribution in [-0.4, -0.2) is 39.7 Å². The zero-order valence-corrected chi connectivity index (χ0v) is 14.4. The van der Waals surface area contributed by atoms with E-state index in [0.29, 0.717) is 11.8 Å². The van der Waals surface area contributed by atoms with Crippen LogP contribution in [0.4, 0.5) is 5.82 Å². The molecule has 3 heterocycles. The molecule has 24 heavy (non-hydrogen) atoms. The smallest absolute Gasteiger partial charge is 0.243 e. The van der Waals surface area contributed by atoms with Crippen LogP contribution in [0.1, 0.15) is 55.4 Å². The highest BCUT2D eigenvalue weighted by Crippen LogP contribution is 2.39. The lowest BCUT2D eigenvalue weighted by atomic mass is 10.1. The normalized spacial score (nSPS) is 22.7. The van der Waals surface area contributed by atoms with E-state index >= 15 is 0 Å². The third kappa shape index (κ3) is 3.43. The van der Waals surface area contributed by atoms with Crippen molar-refractivity contribution in [3.05, 3.63) is 35.6 Å². The third-order valence-electron chi connectivity index (χ3n) is 5.11. The van der Waals surface area contributed by atoms with Gasteiger partial charge in [-0.1, -0.05) is 5.16 Å². The van der Waals surface area contributed by atoms with Gasteiger partial charge >= 0.3 is 0 Å². The Kier molecular flexibility index (Phi) is 4.22. The fourth-order valence-corrected chi connectivity index (χ4v) is 3.34. The summed E-state index contributed by atoms with van der Waals surface area (Å²) in [6.07, 6.45) is 5.45. The van der Waals surface area contributed by atoms with E-state index in [2.05, 4.69) is 45.3 Å². The van der Waals surface area contributed by atoms with Crippen LogP contribution in [0.2, 0.25) is 0 Å². The molecular weight excluding hydrogens is 302 g/mol. The van der Waals surface area contributed by atoms with E-state index in [-0.39, 0.29) is 6.04 Å². The number of aryl methyl sites for hydroxylation is 1. The van der Waals surface area contributed by atoms with E-state index in [1.165, 1.54) is 24.8 Å². The average molecular weight is 327 g/mol. The molecule has 0 bridgehead atoms. The molecule has 6 nitrogen and oxygen atoms in total. The van der Waals surface area contributed by atoms with Crippen molar-refractivity contribution in [1.82, 2.24) is 20.0 Å². The van der Waals surface area contributed by atoms with Gasteiger partial charge < -0.3 is 9.84 Å². The Bertz CT molecular complexity index is 696. The zero-order chi connectivity index (χ0) is 16.5. The van der Waals surface area contributed by atoms with Crippen molar-refractivity contribution in [1.29, 1.82) is 0 Å². The number of nitrogens with one attached hydrogen (secondary N) is 1. The first-order chi connectivity index (χ1) is 11.7. The quantitative estimate of drug-likeness (QED) is 0.879. The van der Waals surface area contributed by atoms with Crippen LogP contribution in [0.3, 0.4) is 0 Å². The predicted octanol–water partition coefficient (Wildman–Crippen LogP) is 3.15. The average Bonchev–Trinajstić information content (AvgIpc) is 3.12. The summed E-state index contributed by atoms with van der Waals surface area (Å²) in [5.74, 6) is 3.81. The van der Waals surface area contributed by atoms with Gasteiger partial charge in [0.1, 0.15) is 5.82 Å². The van der Waals surface area contributed by atoms with Gasteiger partial charge in [0, 0.05) is 25.2 Å². The monoisotopic (exact) mass is 327 g/mol. The van der Waals surface area contributed by atoms with Crippen molar-refractivity contribution in [3.63, 3.8) is 0 Å². The largest absolute Gasteiger partial charge is 0.370 e. The Morgan fingerprint density at radius 3 is 3.04 bits per heavy atom. The van der Waals surface area contributed by atoms with Crippen molar-refractivity contribution >= 4 is 5.82 Å². The van der Waals surface area contributed by atoms with Gasteiger partial charge in [-0.25, -0.2) is 4.98 Å². The second-order valence-corrected chi connectivity index (χ2v) is 7.19. The van der Waals surface area contributed by atoms with E-state index in [1.807, 2.05) is 12.3 Å². The van der Waals surface area contributed by atoms with Gasteiger partial charge in [0.05, 0.1) is 6.04 Å². The molecule has 0 amide bonds. The number of hydrogen-bond donors (Lipinski definition) is 1. The molecule has 2 aromatic heterocycles. The van der Waals surface area contributed by atoms with Gasteiger partial charge in [-0.3, -0.25) is 4.90 Å². The number of likely N-dealkylation sites (tertiary alicyclic amines) is 1. The fraction of sp³-hybridized carbons (Fsp3) is 0.611. The highest BCUT2D eigenvalue weighted by Gasteiger charge is 2.32. The van der Waals surface area contributed by atoms with Crippen molar-refractivity contribution < 1.29 is 4.52 Å². The predicted molar refractivity (Wildman–Crippen MR) is 91.8 cm³/mol. The Hall–Kier alpha value is -1.95. The van der Waals surface area contributed by atoms with Crippen LogP contribution in [0.15, 0.2) is 22.9 Å². The molecule has 1 N–H and O–H groups in total. The number of hydrogen-bond acceptors (Lipinski definition) is 6. The van der Waals surface area contributed by atoms with Crippen LogP contribution in [0.25, 0.3) is 0 Å². The van der Waals surface area contributed by atoms with Crippen molar-refractivity contribution in [3.8, 4) is 0 Å². The second-order valence-electron chi connectivity index (χ2n) is 7.19. The molecule has 2 aromatic rings. The molecule has 1 aliphatic carbocycles. The Morgan fingerprint density at radius 1 is 1.38 bits per heavy atom. The number of rotatable bonds is 6. The summed E-state index contributed by atoms with van der Waals surface area (Å²) in [6.45, 7) is 7.35. The maximum absolute atomic E-state index is 5.49. The number of nitrogens with zero attached hydrogens (tertiary/aromatic N) is 4. The number of aromatic nitrogens is 3. The zero-order valence-electron chi connectivity index (χ0n) is 14.4. The summed E-state index contributed by atoms with van der Waals surface area (Å²) in [7, 11) is 0. The van der Waals surface area contributed by atoms with Gasteiger partial charge in [-0.2, -0.15) is 4.98 Å². The van der Waals surface area contributed by atoms with Gasteiger partial charge in [0.2, 0.25) is 5.89 Å². The van der Waals surface area contributed by atoms with Crippen LogP contribution in [-0.2, 0) is 0 Å². The van der Waals surface area contributed by atoms with E-state index < -0.39 is 0 Å². The first-order valence-corrected chi connectivity index (χ1v) is 8.93. The summed E-state index contributed by atoms with van der Waals surface area (Å²) in [5, 5.41) is 7.61. The standard InChI is InChI=1S/C18H25N5O/c1-12-5-7-19-16(9-12)20-10-14-6-8-23(11-14)13(2)18-21-17(22-24-18)15-3-4-15/h5,7,9,13-15H,3-4,6,8,10-11H2,1-2H3,(H,19,20)/t13-,14+/m0/s1. The van der Waals surface area contributed by atoms with Crippen LogP contribution in [0.5, 0.6) is 0 Å². The summed E-state index contributed by atoms with van der Waals surface area (Å²) < 4.78 is 5.49.